The van der Waals surface area contributed by atoms with Crippen LogP contribution in [0.2, 0.25) is 0 Å². The molecule has 1 amide bonds. The Labute approximate surface area is 200 Å². The van der Waals surface area contributed by atoms with Crippen LogP contribution in [0.15, 0.2) is 83.9 Å². The molecule has 0 spiro atoms. The van der Waals surface area contributed by atoms with E-state index in [2.05, 4.69) is 9.71 Å². The quantitative estimate of drug-likeness (QED) is 0.380. The number of carbonyl (C=O) groups excluding carboxylic acids is 1. The third-order valence-electron chi connectivity index (χ3n) is 5.84. The van der Waals surface area contributed by atoms with Crippen molar-refractivity contribution in [2.75, 3.05) is 35.8 Å². The van der Waals surface area contributed by atoms with E-state index in [1.807, 2.05) is 59.5 Å². The van der Waals surface area contributed by atoms with Crippen molar-refractivity contribution in [1.29, 1.82) is 0 Å². The number of amides is 1. The number of nitrogens with zero attached hydrogens (tertiary/aromatic N) is 3. The van der Waals surface area contributed by atoms with Crippen molar-refractivity contribution in [1.82, 2.24) is 9.88 Å². The van der Waals surface area contributed by atoms with Gasteiger partial charge in [0.2, 0.25) is 0 Å². The zero-order valence-corrected chi connectivity index (χ0v) is 19.1. The minimum absolute atomic E-state index is 0.0395. The van der Waals surface area contributed by atoms with E-state index in [0.717, 1.165) is 27.6 Å². The van der Waals surface area contributed by atoms with Gasteiger partial charge in [-0.1, -0.05) is 18.2 Å². The van der Waals surface area contributed by atoms with Crippen LogP contribution in [0.5, 0.6) is 0 Å². The first-order valence-corrected chi connectivity index (χ1v) is 11.8. The number of benzene rings is 3. The lowest BCUT2D eigenvalue weighted by molar-refractivity contribution is 0.0747. The number of pyridine rings is 1. The summed E-state index contributed by atoms with van der Waals surface area (Å²) in [5.74, 6) is -1.76. The molecule has 0 bridgehead atoms. The Bertz CT molecular complexity index is 1320. The monoisotopic (exact) mass is 476 g/mol. The third kappa shape index (κ3) is 4.68. The molecule has 0 aliphatic carbocycles. The molecule has 2 heterocycles. The molecule has 1 fully saturated rings. The molecule has 0 atom stereocenters. The molecule has 34 heavy (non-hydrogen) atoms. The Morgan fingerprint density at radius 1 is 0.882 bits per heavy atom. The largest absolute Gasteiger partial charge is 0.368 e. The average molecular weight is 477 g/mol. The minimum atomic E-state index is -0.861. The first-order chi connectivity index (χ1) is 16.6. The number of carbonyl (C=O) groups is 1. The number of nitrogens with one attached hydrogen (secondary N) is 1. The summed E-state index contributed by atoms with van der Waals surface area (Å²) in [6.45, 7) is 2.15. The van der Waals surface area contributed by atoms with Gasteiger partial charge in [0, 0.05) is 60.8 Å². The molecule has 1 saturated heterocycles. The lowest BCUT2D eigenvalue weighted by atomic mass is 10.1. The lowest BCUT2D eigenvalue weighted by Gasteiger charge is -2.36. The minimum Gasteiger partial charge on any atom is -0.368 e. The molecule has 4 aromatic rings. The van der Waals surface area contributed by atoms with Gasteiger partial charge in [0.25, 0.3) is 5.91 Å². The van der Waals surface area contributed by atoms with Crippen molar-refractivity contribution in [3.05, 3.63) is 96.2 Å². The molecule has 1 aliphatic heterocycles. The van der Waals surface area contributed by atoms with E-state index in [1.165, 1.54) is 18.0 Å². The van der Waals surface area contributed by atoms with E-state index < -0.39 is 11.6 Å². The lowest BCUT2D eigenvalue weighted by Crippen LogP contribution is -2.48. The molecule has 1 aliphatic rings. The number of halogens is 2. The highest BCUT2D eigenvalue weighted by atomic mass is 32.2. The van der Waals surface area contributed by atoms with Crippen LogP contribution in [0.25, 0.3) is 10.9 Å². The summed E-state index contributed by atoms with van der Waals surface area (Å²) in [6, 6.07) is 21.3. The number of piperazine rings is 1. The molecular formula is C26H22F2N4OS. The highest BCUT2D eigenvalue weighted by molar-refractivity contribution is 8.00. The van der Waals surface area contributed by atoms with Crippen LogP contribution in [-0.4, -0.2) is 42.0 Å². The molecule has 5 nitrogen and oxygen atoms in total. The fourth-order valence-corrected chi connectivity index (χ4v) is 4.76. The molecule has 5 rings (SSSR count). The van der Waals surface area contributed by atoms with Crippen molar-refractivity contribution in [3.8, 4) is 0 Å². The molecule has 0 saturated carbocycles. The molecule has 3 aromatic carbocycles. The fraction of sp³-hybridized carbons (Fsp3) is 0.154. The Balaban J connectivity index is 1.18. The standard InChI is InChI=1S/C26H22F2N4OS/c27-22-11-10-21(17-23(22)28)31-13-15-32(16-14-31)26(33)19-6-8-20(9-7-19)30-34-24-5-1-3-18-4-2-12-29-25(18)24/h1-12,17,30H,13-16H2. The predicted octanol–water partition coefficient (Wildman–Crippen LogP) is 5.59. The van der Waals surface area contributed by atoms with Crippen molar-refractivity contribution in [2.45, 2.75) is 4.90 Å². The van der Waals surface area contributed by atoms with Crippen LogP contribution in [-0.2, 0) is 0 Å². The maximum Gasteiger partial charge on any atom is 0.253 e. The van der Waals surface area contributed by atoms with Gasteiger partial charge in [-0.05, 0) is 60.5 Å². The van der Waals surface area contributed by atoms with E-state index in [0.29, 0.717) is 37.4 Å². The van der Waals surface area contributed by atoms with Crippen LogP contribution in [0.4, 0.5) is 20.2 Å². The summed E-state index contributed by atoms with van der Waals surface area (Å²) in [7, 11) is 0. The van der Waals surface area contributed by atoms with Crippen LogP contribution in [0, 0.1) is 11.6 Å². The Hall–Kier alpha value is -3.65. The van der Waals surface area contributed by atoms with Crippen LogP contribution >= 0.6 is 11.9 Å². The second-order valence-corrected chi connectivity index (χ2v) is 8.84. The second-order valence-electron chi connectivity index (χ2n) is 7.99. The van der Waals surface area contributed by atoms with Gasteiger partial charge in [0.15, 0.2) is 11.6 Å². The molecule has 1 aromatic heterocycles. The van der Waals surface area contributed by atoms with Crippen molar-refractivity contribution in [3.63, 3.8) is 0 Å². The summed E-state index contributed by atoms with van der Waals surface area (Å²) >= 11 is 1.48. The van der Waals surface area contributed by atoms with Crippen LogP contribution in [0.3, 0.4) is 0 Å². The predicted molar refractivity (Wildman–Crippen MR) is 132 cm³/mol. The molecular weight excluding hydrogens is 454 g/mol. The van der Waals surface area contributed by atoms with E-state index in [9.17, 15) is 13.6 Å². The van der Waals surface area contributed by atoms with E-state index in [1.54, 1.807) is 17.2 Å². The van der Waals surface area contributed by atoms with Crippen molar-refractivity contribution >= 4 is 40.1 Å². The number of para-hydroxylation sites is 1. The highest BCUT2D eigenvalue weighted by Crippen LogP contribution is 2.27. The Morgan fingerprint density at radius 3 is 2.41 bits per heavy atom. The Morgan fingerprint density at radius 2 is 1.65 bits per heavy atom. The molecule has 8 heteroatoms. The number of aromatic nitrogens is 1. The zero-order chi connectivity index (χ0) is 23.5. The van der Waals surface area contributed by atoms with Gasteiger partial charge in [-0.15, -0.1) is 0 Å². The topological polar surface area (TPSA) is 48.5 Å². The smallest absolute Gasteiger partial charge is 0.253 e. The van der Waals surface area contributed by atoms with E-state index in [-0.39, 0.29) is 5.91 Å². The zero-order valence-electron chi connectivity index (χ0n) is 18.2. The summed E-state index contributed by atoms with van der Waals surface area (Å²) in [5.41, 5.74) is 3.07. The number of fused-ring (bicyclic) bond motifs is 1. The number of hydrogen-bond acceptors (Lipinski definition) is 5. The van der Waals surface area contributed by atoms with Crippen molar-refractivity contribution in [2.24, 2.45) is 0 Å². The first-order valence-electron chi connectivity index (χ1n) is 10.9. The summed E-state index contributed by atoms with van der Waals surface area (Å²) in [6.07, 6.45) is 1.78. The van der Waals surface area contributed by atoms with E-state index in [4.69, 9.17) is 0 Å². The van der Waals surface area contributed by atoms with Gasteiger partial charge >= 0.3 is 0 Å². The summed E-state index contributed by atoms with van der Waals surface area (Å²) in [4.78, 5) is 22.2. The third-order valence-corrected chi connectivity index (χ3v) is 6.73. The highest BCUT2D eigenvalue weighted by Gasteiger charge is 2.23. The van der Waals surface area contributed by atoms with Gasteiger partial charge in [-0.2, -0.15) is 0 Å². The number of anilines is 2. The molecule has 0 radical (unpaired) electrons. The van der Waals surface area contributed by atoms with Gasteiger partial charge in [-0.3, -0.25) is 9.78 Å². The van der Waals surface area contributed by atoms with Crippen LogP contribution < -0.4 is 9.62 Å². The summed E-state index contributed by atoms with van der Waals surface area (Å²) < 4.78 is 30.0. The van der Waals surface area contributed by atoms with Gasteiger partial charge < -0.3 is 14.5 Å². The fourth-order valence-electron chi connectivity index (χ4n) is 3.99. The van der Waals surface area contributed by atoms with E-state index >= 15 is 0 Å². The number of rotatable bonds is 5. The number of hydrogen-bond donors (Lipinski definition) is 1. The van der Waals surface area contributed by atoms with Gasteiger partial charge in [0.1, 0.15) is 0 Å². The maximum absolute atomic E-state index is 13.5. The van der Waals surface area contributed by atoms with Gasteiger partial charge in [-0.25, -0.2) is 8.78 Å². The SMILES string of the molecule is O=C(c1ccc(NSc2cccc3cccnc23)cc1)N1CCN(c2ccc(F)c(F)c2)CC1. The normalized spacial score (nSPS) is 13.8. The Kier molecular flexibility index (Phi) is 6.31. The van der Waals surface area contributed by atoms with Crippen molar-refractivity contribution < 1.29 is 13.6 Å². The molecule has 1 N–H and O–H groups in total. The average Bonchev–Trinajstić information content (AvgIpc) is 2.89. The summed E-state index contributed by atoms with van der Waals surface area (Å²) in [5, 5.41) is 1.08. The van der Waals surface area contributed by atoms with Crippen LogP contribution in [0.1, 0.15) is 10.4 Å². The first kappa shape index (κ1) is 22.2. The molecule has 172 valence electrons. The maximum atomic E-state index is 13.5. The van der Waals surface area contributed by atoms with Gasteiger partial charge in [0.05, 0.1) is 10.4 Å². The molecule has 0 unspecified atom stereocenters. The second kappa shape index (κ2) is 9.69.